The van der Waals surface area contributed by atoms with Crippen LogP contribution >= 0.6 is 11.6 Å². The number of carbonyl (C=O) groups is 2. The number of hydrogen-bond donors (Lipinski definition) is 1. The van der Waals surface area contributed by atoms with Gasteiger partial charge in [-0.3, -0.25) is 9.59 Å². The summed E-state index contributed by atoms with van der Waals surface area (Å²) in [5.74, 6) is -0.215. The van der Waals surface area contributed by atoms with Crippen molar-refractivity contribution >= 4 is 29.1 Å². The van der Waals surface area contributed by atoms with E-state index >= 15 is 0 Å². The van der Waals surface area contributed by atoms with Gasteiger partial charge in [0.2, 0.25) is 0 Å². The number of halogens is 1. The second kappa shape index (κ2) is 9.72. The second-order valence-corrected chi connectivity index (χ2v) is 6.71. The molecule has 0 bridgehead atoms. The van der Waals surface area contributed by atoms with E-state index in [0.29, 0.717) is 35.7 Å². The van der Waals surface area contributed by atoms with E-state index in [9.17, 15) is 9.59 Å². The molecule has 4 nitrogen and oxygen atoms in total. The van der Waals surface area contributed by atoms with Crippen LogP contribution in [0.1, 0.15) is 27.1 Å². The van der Waals surface area contributed by atoms with Gasteiger partial charge in [0, 0.05) is 34.9 Å². The number of rotatable bonds is 7. The molecule has 1 N–H and O–H groups in total. The number of para-hydroxylation sites is 1. The van der Waals surface area contributed by atoms with Crippen molar-refractivity contribution in [2.45, 2.75) is 6.42 Å². The molecule has 5 heteroatoms. The van der Waals surface area contributed by atoms with E-state index < -0.39 is 0 Å². The smallest absolute Gasteiger partial charge is 0.258 e. The quantitative estimate of drug-likeness (QED) is 0.587. The van der Waals surface area contributed by atoms with Gasteiger partial charge < -0.3 is 10.2 Å². The van der Waals surface area contributed by atoms with Crippen LogP contribution in [0.25, 0.3) is 0 Å². The van der Waals surface area contributed by atoms with Gasteiger partial charge in [0.05, 0.1) is 0 Å². The summed E-state index contributed by atoms with van der Waals surface area (Å²) in [7, 11) is 0. The van der Waals surface area contributed by atoms with Crippen molar-refractivity contribution in [3.05, 3.63) is 101 Å². The van der Waals surface area contributed by atoms with E-state index in [0.717, 1.165) is 5.69 Å². The molecule has 0 aliphatic rings. The molecular weight excluding hydrogens is 372 g/mol. The third-order valence-corrected chi connectivity index (χ3v) is 4.54. The van der Waals surface area contributed by atoms with Gasteiger partial charge in [0.15, 0.2) is 0 Å². The third-order valence-electron chi connectivity index (χ3n) is 4.28. The van der Waals surface area contributed by atoms with Crippen LogP contribution in [0, 0.1) is 0 Å². The zero-order chi connectivity index (χ0) is 19.8. The molecule has 3 aromatic carbocycles. The van der Waals surface area contributed by atoms with E-state index in [1.165, 1.54) is 0 Å². The first-order valence-corrected chi connectivity index (χ1v) is 9.48. The van der Waals surface area contributed by atoms with Crippen LogP contribution in [0.15, 0.2) is 84.9 Å². The van der Waals surface area contributed by atoms with Gasteiger partial charge in [-0.15, -0.1) is 0 Å². The Morgan fingerprint density at radius 3 is 2.04 bits per heavy atom. The van der Waals surface area contributed by atoms with Crippen molar-refractivity contribution in [2.75, 3.05) is 18.0 Å². The summed E-state index contributed by atoms with van der Waals surface area (Å²) in [5, 5.41) is 3.49. The fraction of sp³-hybridized carbons (Fsp3) is 0.130. The molecule has 0 saturated heterocycles. The molecule has 0 unspecified atom stereocenters. The van der Waals surface area contributed by atoms with E-state index in [1.54, 1.807) is 41.3 Å². The number of nitrogens with one attached hydrogen (secondary N) is 1. The molecule has 0 aliphatic heterocycles. The molecule has 142 valence electrons. The molecule has 0 saturated carbocycles. The summed E-state index contributed by atoms with van der Waals surface area (Å²) in [5.41, 5.74) is 2.01. The molecule has 0 atom stereocenters. The largest absolute Gasteiger partial charge is 0.352 e. The van der Waals surface area contributed by atoms with Gasteiger partial charge in [-0.25, -0.2) is 0 Å². The fourth-order valence-electron chi connectivity index (χ4n) is 2.83. The highest BCUT2D eigenvalue weighted by Crippen LogP contribution is 2.18. The van der Waals surface area contributed by atoms with Crippen molar-refractivity contribution in [2.24, 2.45) is 0 Å². The summed E-state index contributed by atoms with van der Waals surface area (Å²) in [6.07, 6.45) is 0.632. The third kappa shape index (κ3) is 5.21. The SMILES string of the molecule is O=C(NCCCN(C(=O)c1ccc(Cl)cc1)c1ccccc1)c1ccccc1. The van der Waals surface area contributed by atoms with Crippen molar-refractivity contribution in [3.8, 4) is 0 Å². The van der Waals surface area contributed by atoms with Crippen LogP contribution < -0.4 is 10.2 Å². The Morgan fingerprint density at radius 2 is 1.39 bits per heavy atom. The lowest BCUT2D eigenvalue weighted by atomic mass is 10.1. The molecule has 0 aliphatic carbocycles. The standard InChI is InChI=1S/C23H21ClN2O2/c24-20-14-12-19(13-15-20)23(28)26(21-10-5-2-6-11-21)17-7-16-25-22(27)18-8-3-1-4-9-18/h1-6,8-15H,7,16-17H2,(H,25,27). The molecule has 3 aromatic rings. The van der Waals surface area contributed by atoms with Crippen LogP contribution in [0.4, 0.5) is 5.69 Å². The number of benzene rings is 3. The van der Waals surface area contributed by atoms with Crippen LogP contribution in [-0.2, 0) is 0 Å². The average Bonchev–Trinajstić information content (AvgIpc) is 2.75. The molecule has 0 aromatic heterocycles. The van der Waals surface area contributed by atoms with Gasteiger partial charge in [-0.05, 0) is 55.0 Å². The molecule has 28 heavy (non-hydrogen) atoms. The van der Waals surface area contributed by atoms with Crippen molar-refractivity contribution in [1.82, 2.24) is 5.32 Å². The van der Waals surface area contributed by atoms with Crippen molar-refractivity contribution in [1.29, 1.82) is 0 Å². The van der Waals surface area contributed by atoms with Crippen molar-refractivity contribution < 1.29 is 9.59 Å². The summed E-state index contributed by atoms with van der Waals surface area (Å²) in [6, 6.07) is 25.4. The van der Waals surface area contributed by atoms with Gasteiger partial charge in [-0.2, -0.15) is 0 Å². The summed E-state index contributed by atoms with van der Waals surface area (Å²) >= 11 is 5.93. The maximum atomic E-state index is 13.0. The van der Waals surface area contributed by atoms with E-state index in [2.05, 4.69) is 5.32 Å². The van der Waals surface area contributed by atoms with Crippen molar-refractivity contribution in [3.63, 3.8) is 0 Å². The van der Waals surface area contributed by atoms with Crippen LogP contribution in [-0.4, -0.2) is 24.9 Å². The fourth-order valence-corrected chi connectivity index (χ4v) is 2.96. The molecular formula is C23H21ClN2O2. The minimum atomic E-state index is -0.115. The monoisotopic (exact) mass is 392 g/mol. The predicted octanol–water partition coefficient (Wildman–Crippen LogP) is 4.81. The number of amides is 2. The van der Waals surface area contributed by atoms with Crippen LogP contribution in [0.3, 0.4) is 0 Å². The number of carbonyl (C=O) groups excluding carboxylic acids is 2. The topological polar surface area (TPSA) is 49.4 Å². The molecule has 0 radical (unpaired) electrons. The molecule has 0 heterocycles. The first-order chi connectivity index (χ1) is 13.6. The maximum absolute atomic E-state index is 13.0. The molecule has 2 amide bonds. The minimum Gasteiger partial charge on any atom is -0.352 e. The Balaban J connectivity index is 1.64. The summed E-state index contributed by atoms with van der Waals surface area (Å²) < 4.78 is 0. The zero-order valence-electron chi connectivity index (χ0n) is 15.3. The Bertz CT molecular complexity index is 912. The highest BCUT2D eigenvalue weighted by atomic mass is 35.5. The Kier molecular flexibility index (Phi) is 6.82. The second-order valence-electron chi connectivity index (χ2n) is 6.27. The summed E-state index contributed by atoms with van der Waals surface area (Å²) in [6.45, 7) is 0.964. The average molecular weight is 393 g/mol. The maximum Gasteiger partial charge on any atom is 0.258 e. The number of nitrogens with zero attached hydrogens (tertiary/aromatic N) is 1. The molecule has 0 spiro atoms. The lowest BCUT2D eigenvalue weighted by Gasteiger charge is -2.23. The Morgan fingerprint density at radius 1 is 0.786 bits per heavy atom. The first kappa shape index (κ1) is 19.6. The van der Waals surface area contributed by atoms with Gasteiger partial charge >= 0.3 is 0 Å². The minimum absolute atomic E-state index is 0.0998. The van der Waals surface area contributed by atoms with E-state index in [4.69, 9.17) is 11.6 Å². The Labute approximate surface area is 169 Å². The molecule has 0 fully saturated rings. The highest BCUT2D eigenvalue weighted by molar-refractivity contribution is 6.30. The first-order valence-electron chi connectivity index (χ1n) is 9.11. The van der Waals surface area contributed by atoms with E-state index in [1.807, 2.05) is 48.5 Å². The Hall–Kier alpha value is -3.11. The van der Waals surface area contributed by atoms with Crippen LogP contribution in [0.5, 0.6) is 0 Å². The highest BCUT2D eigenvalue weighted by Gasteiger charge is 2.17. The normalized spacial score (nSPS) is 10.3. The van der Waals surface area contributed by atoms with Gasteiger partial charge in [0.1, 0.15) is 0 Å². The summed E-state index contributed by atoms with van der Waals surface area (Å²) in [4.78, 5) is 26.9. The number of anilines is 1. The lowest BCUT2D eigenvalue weighted by molar-refractivity contribution is 0.0953. The van der Waals surface area contributed by atoms with Gasteiger partial charge in [-0.1, -0.05) is 48.0 Å². The van der Waals surface area contributed by atoms with Crippen LogP contribution in [0.2, 0.25) is 5.02 Å². The van der Waals surface area contributed by atoms with Gasteiger partial charge in [0.25, 0.3) is 11.8 Å². The number of hydrogen-bond acceptors (Lipinski definition) is 2. The zero-order valence-corrected chi connectivity index (χ0v) is 16.1. The lowest BCUT2D eigenvalue weighted by Crippen LogP contribution is -2.34. The predicted molar refractivity (Wildman–Crippen MR) is 113 cm³/mol. The van der Waals surface area contributed by atoms with E-state index in [-0.39, 0.29) is 11.8 Å². The molecule has 3 rings (SSSR count).